The zero-order chi connectivity index (χ0) is 16.4. The molecule has 5 heteroatoms. The number of nitrogens with zero attached hydrogens (tertiary/aromatic N) is 3. The van der Waals surface area contributed by atoms with Crippen LogP contribution >= 0.6 is 0 Å². The Bertz CT molecular complexity index is 868. The molecule has 1 aromatic carbocycles. The van der Waals surface area contributed by atoms with Crippen LogP contribution in [0.3, 0.4) is 0 Å². The van der Waals surface area contributed by atoms with Crippen LogP contribution in [-0.4, -0.2) is 25.6 Å². The molecule has 0 bridgehead atoms. The first-order valence-electron chi connectivity index (χ1n) is 7.66. The molecule has 1 N–H and O–H groups in total. The number of hydrogen-bond acceptors (Lipinski definition) is 3. The van der Waals surface area contributed by atoms with E-state index in [1.54, 1.807) is 0 Å². The molecule has 2 aromatic heterocycles. The third kappa shape index (κ3) is 3.23. The van der Waals surface area contributed by atoms with Gasteiger partial charge in [0.1, 0.15) is 11.3 Å². The number of pyridine rings is 1. The Morgan fingerprint density at radius 1 is 1.22 bits per heavy atom. The highest BCUT2D eigenvalue weighted by atomic mass is 16.4. The minimum absolute atomic E-state index is 0.138. The zero-order valence-corrected chi connectivity index (χ0v) is 13.3. The smallest absolute Gasteiger partial charge is 0.303 e. The highest BCUT2D eigenvalue weighted by Crippen LogP contribution is 2.25. The molecule has 0 saturated carbocycles. The lowest BCUT2D eigenvalue weighted by Crippen LogP contribution is -2.04. The van der Waals surface area contributed by atoms with Crippen molar-refractivity contribution in [1.29, 1.82) is 0 Å². The second-order valence-corrected chi connectivity index (χ2v) is 5.81. The average molecular weight is 309 g/mol. The summed E-state index contributed by atoms with van der Waals surface area (Å²) in [5.74, 6) is 0.0579. The van der Waals surface area contributed by atoms with Gasteiger partial charge in [0.2, 0.25) is 0 Å². The van der Waals surface area contributed by atoms with E-state index in [0.717, 1.165) is 33.7 Å². The van der Waals surface area contributed by atoms with Gasteiger partial charge >= 0.3 is 5.97 Å². The van der Waals surface area contributed by atoms with E-state index in [2.05, 4.69) is 11.1 Å². The molecular formula is C18H19N3O2. The fraction of sp³-hybridized carbons (Fsp3) is 0.278. The van der Waals surface area contributed by atoms with E-state index in [9.17, 15) is 4.79 Å². The van der Waals surface area contributed by atoms with Crippen LogP contribution in [0.1, 0.15) is 24.0 Å². The Balaban J connectivity index is 2.09. The number of carboxylic acids is 1. The monoisotopic (exact) mass is 309 g/mol. The summed E-state index contributed by atoms with van der Waals surface area (Å²) in [5.41, 5.74) is 4.89. The third-order valence-electron chi connectivity index (χ3n) is 3.77. The van der Waals surface area contributed by atoms with Gasteiger partial charge in [0.25, 0.3) is 0 Å². The number of aliphatic carboxylic acids is 1. The molecule has 23 heavy (non-hydrogen) atoms. The predicted octanol–water partition coefficient (Wildman–Crippen LogP) is 3.58. The molecule has 0 saturated heterocycles. The van der Waals surface area contributed by atoms with E-state index in [1.165, 1.54) is 0 Å². The minimum Gasteiger partial charge on any atom is -0.481 e. The average Bonchev–Trinajstić information content (AvgIpc) is 2.85. The molecule has 0 atom stereocenters. The lowest BCUT2D eigenvalue weighted by atomic mass is 10.1. The van der Waals surface area contributed by atoms with Gasteiger partial charge in [0.15, 0.2) is 5.65 Å². The van der Waals surface area contributed by atoms with Gasteiger partial charge in [-0.2, -0.15) is 0 Å². The van der Waals surface area contributed by atoms with Crippen molar-refractivity contribution in [2.45, 2.75) is 33.2 Å². The summed E-state index contributed by atoms with van der Waals surface area (Å²) in [6.45, 7) is 4.62. The SMILES string of the molecule is Cc1cccc(-c2nc3cc(C)cnc3n2CCCC(=O)O)c1. The highest BCUT2D eigenvalue weighted by Gasteiger charge is 2.14. The maximum absolute atomic E-state index is 10.8. The van der Waals surface area contributed by atoms with Gasteiger partial charge in [-0.3, -0.25) is 4.79 Å². The van der Waals surface area contributed by atoms with Gasteiger partial charge in [-0.15, -0.1) is 0 Å². The lowest BCUT2D eigenvalue weighted by Gasteiger charge is -2.08. The van der Waals surface area contributed by atoms with E-state index in [-0.39, 0.29) is 6.42 Å². The number of aromatic nitrogens is 3. The van der Waals surface area contributed by atoms with Gasteiger partial charge in [0.05, 0.1) is 0 Å². The first-order valence-corrected chi connectivity index (χ1v) is 7.66. The van der Waals surface area contributed by atoms with Crippen LogP contribution in [0.15, 0.2) is 36.5 Å². The lowest BCUT2D eigenvalue weighted by molar-refractivity contribution is -0.137. The van der Waals surface area contributed by atoms with Gasteiger partial charge in [-0.05, 0) is 38.0 Å². The molecule has 0 aliphatic heterocycles. The topological polar surface area (TPSA) is 68.0 Å². The van der Waals surface area contributed by atoms with E-state index in [4.69, 9.17) is 10.1 Å². The maximum atomic E-state index is 10.8. The molecule has 0 radical (unpaired) electrons. The molecule has 0 aliphatic rings. The molecule has 118 valence electrons. The fourth-order valence-electron chi connectivity index (χ4n) is 2.72. The summed E-state index contributed by atoms with van der Waals surface area (Å²) in [5, 5.41) is 8.87. The highest BCUT2D eigenvalue weighted by molar-refractivity contribution is 5.77. The number of aryl methyl sites for hydroxylation is 3. The van der Waals surface area contributed by atoms with Gasteiger partial charge in [-0.25, -0.2) is 9.97 Å². The van der Waals surface area contributed by atoms with Crippen LogP contribution in [0.4, 0.5) is 0 Å². The first kappa shape index (κ1) is 15.2. The van der Waals surface area contributed by atoms with Crippen molar-refractivity contribution in [3.63, 3.8) is 0 Å². The third-order valence-corrected chi connectivity index (χ3v) is 3.77. The summed E-state index contributed by atoms with van der Waals surface area (Å²) >= 11 is 0. The number of fused-ring (bicyclic) bond motifs is 1. The molecule has 0 fully saturated rings. The maximum Gasteiger partial charge on any atom is 0.303 e. The second kappa shape index (κ2) is 6.20. The largest absolute Gasteiger partial charge is 0.481 e. The Labute approximate surface area is 134 Å². The Morgan fingerprint density at radius 2 is 2.04 bits per heavy atom. The van der Waals surface area contributed by atoms with E-state index in [1.807, 2.05) is 48.9 Å². The molecule has 0 aliphatic carbocycles. The Hall–Kier alpha value is -2.69. The summed E-state index contributed by atoms with van der Waals surface area (Å²) in [7, 11) is 0. The van der Waals surface area contributed by atoms with Crippen LogP contribution in [0.5, 0.6) is 0 Å². The summed E-state index contributed by atoms with van der Waals surface area (Å²) in [6.07, 6.45) is 2.51. The number of benzene rings is 1. The number of carbonyl (C=O) groups is 1. The molecule has 0 amide bonds. The fourth-order valence-corrected chi connectivity index (χ4v) is 2.72. The standard InChI is InChI=1S/C18H19N3O2/c1-12-5-3-6-14(9-12)17-20-15-10-13(2)11-19-18(15)21(17)8-4-7-16(22)23/h3,5-6,9-11H,4,7-8H2,1-2H3,(H,22,23). The molecule has 0 unspecified atom stereocenters. The molecule has 3 rings (SSSR count). The molecule has 3 aromatic rings. The minimum atomic E-state index is -0.782. The van der Waals surface area contributed by atoms with Crippen molar-refractivity contribution < 1.29 is 9.90 Å². The summed E-state index contributed by atoms with van der Waals surface area (Å²) in [4.78, 5) is 20.0. The summed E-state index contributed by atoms with van der Waals surface area (Å²) in [6, 6.07) is 10.2. The van der Waals surface area contributed by atoms with Crippen molar-refractivity contribution in [3.05, 3.63) is 47.7 Å². The van der Waals surface area contributed by atoms with E-state index in [0.29, 0.717) is 13.0 Å². The van der Waals surface area contributed by atoms with Crippen LogP contribution in [-0.2, 0) is 11.3 Å². The molecular weight excluding hydrogens is 290 g/mol. The van der Waals surface area contributed by atoms with E-state index >= 15 is 0 Å². The number of hydrogen-bond donors (Lipinski definition) is 1. The Morgan fingerprint density at radius 3 is 2.78 bits per heavy atom. The van der Waals surface area contributed by atoms with Gasteiger partial charge < -0.3 is 9.67 Å². The number of carboxylic acid groups (broad SMARTS) is 1. The van der Waals surface area contributed by atoms with Crippen LogP contribution in [0, 0.1) is 13.8 Å². The van der Waals surface area contributed by atoms with E-state index < -0.39 is 5.97 Å². The van der Waals surface area contributed by atoms with Gasteiger partial charge in [-0.1, -0.05) is 23.8 Å². The number of imidazole rings is 1. The normalized spacial score (nSPS) is 11.0. The van der Waals surface area contributed by atoms with Gasteiger partial charge in [0, 0.05) is 24.7 Å². The first-order chi connectivity index (χ1) is 11.0. The van der Waals surface area contributed by atoms with Crippen molar-refractivity contribution in [2.24, 2.45) is 0 Å². The molecule has 5 nitrogen and oxygen atoms in total. The number of rotatable bonds is 5. The summed E-state index contributed by atoms with van der Waals surface area (Å²) < 4.78 is 2.02. The molecule has 0 spiro atoms. The second-order valence-electron chi connectivity index (χ2n) is 5.81. The van der Waals surface area contributed by atoms with Crippen LogP contribution < -0.4 is 0 Å². The quantitative estimate of drug-likeness (QED) is 0.782. The Kier molecular flexibility index (Phi) is 4.10. The van der Waals surface area contributed by atoms with Crippen LogP contribution in [0.25, 0.3) is 22.6 Å². The van der Waals surface area contributed by atoms with Crippen molar-refractivity contribution in [3.8, 4) is 11.4 Å². The predicted molar refractivity (Wildman–Crippen MR) is 89.3 cm³/mol. The van der Waals surface area contributed by atoms with Crippen molar-refractivity contribution in [2.75, 3.05) is 0 Å². The van der Waals surface area contributed by atoms with Crippen molar-refractivity contribution >= 4 is 17.1 Å². The molecule has 2 heterocycles. The van der Waals surface area contributed by atoms with Crippen LogP contribution in [0.2, 0.25) is 0 Å². The van der Waals surface area contributed by atoms with Crippen molar-refractivity contribution in [1.82, 2.24) is 14.5 Å². The zero-order valence-electron chi connectivity index (χ0n) is 13.3.